The van der Waals surface area contributed by atoms with E-state index < -0.39 is 9.84 Å². The molecule has 120 valence electrons. The molecule has 0 saturated heterocycles. The highest BCUT2D eigenvalue weighted by Gasteiger charge is 2.19. The summed E-state index contributed by atoms with van der Waals surface area (Å²) in [5.41, 5.74) is 2.54. The van der Waals surface area contributed by atoms with Crippen molar-refractivity contribution in [1.82, 2.24) is 5.32 Å². The Labute approximate surface area is 130 Å². The minimum Gasteiger partial charge on any atom is -0.317 e. The van der Waals surface area contributed by atoms with Crippen molar-refractivity contribution in [2.75, 3.05) is 18.8 Å². The molecular formula is C17H29NO2S. The maximum atomic E-state index is 12.0. The van der Waals surface area contributed by atoms with Crippen molar-refractivity contribution < 1.29 is 8.42 Å². The third-order valence-electron chi connectivity index (χ3n) is 3.86. The minimum absolute atomic E-state index is 0.281. The summed E-state index contributed by atoms with van der Waals surface area (Å²) in [4.78, 5) is 0. The molecular weight excluding hydrogens is 282 g/mol. The lowest BCUT2D eigenvalue weighted by molar-refractivity contribution is 0.464. The number of hydrogen-bond donors (Lipinski definition) is 1. The molecule has 0 heterocycles. The Morgan fingerprint density at radius 1 is 1.14 bits per heavy atom. The maximum Gasteiger partial charge on any atom is 0.152 e. The summed E-state index contributed by atoms with van der Waals surface area (Å²) in [5.74, 6) is 0.647. The van der Waals surface area contributed by atoms with E-state index in [9.17, 15) is 8.42 Å². The van der Waals surface area contributed by atoms with Crippen LogP contribution in [0.1, 0.15) is 38.3 Å². The van der Waals surface area contributed by atoms with Crippen LogP contribution >= 0.6 is 0 Å². The van der Waals surface area contributed by atoms with Gasteiger partial charge in [-0.3, -0.25) is 0 Å². The Balaban J connectivity index is 2.65. The van der Waals surface area contributed by atoms with Gasteiger partial charge >= 0.3 is 0 Å². The molecule has 0 aliphatic heterocycles. The monoisotopic (exact) mass is 311 g/mol. The predicted molar refractivity (Wildman–Crippen MR) is 90.5 cm³/mol. The first kappa shape index (κ1) is 18.2. The molecule has 0 saturated carbocycles. The van der Waals surface area contributed by atoms with Crippen molar-refractivity contribution in [1.29, 1.82) is 0 Å². The van der Waals surface area contributed by atoms with Gasteiger partial charge in [0, 0.05) is 0 Å². The molecule has 4 heteroatoms. The summed E-state index contributed by atoms with van der Waals surface area (Å²) in [6.07, 6.45) is 1.66. The van der Waals surface area contributed by atoms with Gasteiger partial charge in [-0.05, 0) is 58.2 Å². The average molecular weight is 311 g/mol. The van der Waals surface area contributed by atoms with Crippen molar-refractivity contribution in [3.05, 3.63) is 35.4 Å². The van der Waals surface area contributed by atoms with Crippen LogP contribution in [0, 0.1) is 12.8 Å². The van der Waals surface area contributed by atoms with Gasteiger partial charge in [-0.25, -0.2) is 8.42 Å². The average Bonchev–Trinajstić information content (AvgIpc) is 2.44. The van der Waals surface area contributed by atoms with E-state index in [2.05, 4.69) is 43.4 Å². The van der Waals surface area contributed by atoms with E-state index in [1.165, 1.54) is 11.1 Å². The highest BCUT2D eigenvalue weighted by molar-refractivity contribution is 7.91. The zero-order valence-corrected chi connectivity index (χ0v) is 14.5. The molecule has 0 spiro atoms. The number of rotatable bonds is 9. The van der Waals surface area contributed by atoms with Gasteiger partial charge in [0.1, 0.15) is 0 Å². The van der Waals surface area contributed by atoms with Crippen molar-refractivity contribution in [3.8, 4) is 0 Å². The van der Waals surface area contributed by atoms with Crippen LogP contribution in [0.5, 0.6) is 0 Å². The van der Waals surface area contributed by atoms with Gasteiger partial charge < -0.3 is 5.32 Å². The van der Waals surface area contributed by atoms with Gasteiger partial charge in [0.05, 0.1) is 11.0 Å². The first-order chi connectivity index (χ1) is 9.85. The van der Waals surface area contributed by atoms with Gasteiger partial charge in [0.15, 0.2) is 9.84 Å². The maximum absolute atomic E-state index is 12.0. The van der Waals surface area contributed by atoms with Gasteiger partial charge in [-0.2, -0.15) is 0 Å². The normalized spacial score (nSPS) is 13.6. The Hall–Kier alpha value is -0.870. The number of nitrogens with one attached hydrogen (secondary N) is 1. The molecule has 1 aromatic carbocycles. The van der Waals surface area contributed by atoms with Crippen molar-refractivity contribution >= 4 is 9.84 Å². The minimum atomic E-state index is -2.95. The topological polar surface area (TPSA) is 46.2 Å². The van der Waals surface area contributed by atoms with Crippen molar-refractivity contribution in [3.63, 3.8) is 0 Å². The summed E-state index contributed by atoms with van der Waals surface area (Å²) >= 11 is 0. The van der Waals surface area contributed by atoms with Crippen LogP contribution in [-0.4, -0.2) is 32.5 Å². The lowest BCUT2D eigenvalue weighted by Crippen LogP contribution is -2.27. The van der Waals surface area contributed by atoms with Crippen LogP contribution in [0.4, 0.5) is 0 Å². The summed E-state index contributed by atoms with van der Waals surface area (Å²) in [5, 5.41) is 3.07. The second-order valence-corrected chi connectivity index (χ2v) is 8.74. The third-order valence-corrected chi connectivity index (χ3v) is 6.10. The molecule has 0 aliphatic carbocycles. The van der Waals surface area contributed by atoms with Crippen LogP contribution in [0.15, 0.2) is 24.3 Å². The standard InChI is InChI=1S/C17H29NO2S/c1-5-18-13-17(10-11-21(19,20)14(2)3)12-16-8-6-15(4)7-9-16/h6-9,14,17-18H,5,10-13H2,1-4H3. The molecule has 1 rings (SSSR count). The Morgan fingerprint density at radius 3 is 2.29 bits per heavy atom. The fraction of sp³-hybridized carbons (Fsp3) is 0.647. The van der Waals surface area contributed by atoms with Crippen molar-refractivity contribution in [2.24, 2.45) is 5.92 Å². The van der Waals surface area contributed by atoms with Gasteiger partial charge in [0.2, 0.25) is 0 Å². The first-order valence-corrected chi connectivity index (χ1v) is 9.54. The molecule has 0 bridgehead atoms. The highest BCUT2D eigenvalue weighted by atomic mass is 32.2. The van der Waals surface area contributed by atoms with Crippen LogP contribution in [0.25, 0.3) is 0 Å². The van der Waals surface area contributed by atoms with Gasteiger partial charge in [-0.1, -0.05) is 36.8 Å². The SMILES string of the molecule is CCNCC(CCS(=O)(=O)C(C)C)Cc1ccc(C)cc1. The number of hydrogen-bond acceptors (Lipinski definition) is 3. The molecule has 1 N–H and O–H groups in total. The quantitative estimate of drug-likeness (QED) is 0.762. The van der Waals surface area contributed by atoms with Crippen LogP contribution < -0.4 is 5.32 Å². The van der Waals surface area contributed by atoms with E-state index in [0.717, 1.165) is 25.9 Å². The lowest BCUT2D eigenvalue weighted by atomic mass is 9.96. The molecule has 0 amide bonds. The molecule has 0 fully saturated rings. The predicted octanol–water partition coefficient (Wildman–Crippen LogP) is 2.98. The van der Waals surface area contributed by atoms with E-state index in [4.69, 9.17) is 0 Å². The fourth-order valence-electron chi connectivity index (χ4n) is 2.25. The summed E-state index contributed by atoms with van der Waals surface area (Å²) in [6, 6.07) is 8.52. The second kappa shape index (κ2) is 8.54. The van der Waals surface area contributed by atoms with Crippen molar-refractivity contribution in [2.45, 2.75) is 45.8 Å². The Morgan fingerprint density at radius 2 is 1.76 bits per heavy atom. The molecule has 1 aromatic rings. The number of benzene rings is 1. The largest absolute Gasteiger partial charge is 0.317 e. The summed E-state index contributed by atoms with van der Waals surface area (Å²) in [6.45, 7) is 9.46. The van der Waals surface area contributed by atoms with Crippen LogP contribution in [0.2, 0.25) is 0 Å². The molecule has 1 unspecified atom stereocenters. The second-order valence-electron chi connectivity index (χ2n) is 6.07. The molecule has 0 aliphatic rings. The van der Waals surface area contributed by atoms with E-state index in [-0.39, 0.29) is 11.0 Å². The molecule has 3 nitrogen and oxygen atoms in total. The summed E-state index contributed by atoms with van der Waals surface area (Å²) < 4.78 is 24.0. The fourth-order valence-corrected chi connectivity index (χ4v) is 3.38. The molecule has 0 aromatic heterocycles. The van der Waals surface area contributed by atoms with Gasteiger partial charge in [-0.15, -0.1) is 0 Å². The molecule has 21 heavy (non-hydrogen) atoms. The van der Waals surface area contributed by atoms with E-state index in [0.29, 0.717) is 5.92 Å². The Kier molecular flexibility index (Phi) is 7.40. The zero-order chi connectivity index (χ0) is 15.9. The first-order valence-electron chi connectivity index (χ1n) is 7.83. The van der Waals surface area contributed by atoms with E-state index >= 15 is 0 Å². The highest BCUT2D eigenvalue weighted by Crippen LogP contribution is 2.15. The van der Waals surface area contributed by atoms with E-state index in [1.54, 1.807) is 13.8 Å². The number of aryl methyl sites for hydroxylation is 1. The molecule has 1 atom stereocenters. The third kappa shape index (κ3) is 6.62. The number of sulfone groups is 1. The zero-order valence-electron chi connectivity index (χ0n) is 13.7. The summed E-state index contributed by atoms with van der Waals surface area (Å²) in [7, 11) is -2.95. The van der Waals surface area contributed by atoms with E-state index in [1.807, 2.05) is 0 Å². The van der Waals surface area contributed by atoms with Crippen LogP contribution in [-0.2, 0) is 16.3 Å². The lowest BCUT2D eigenvalue weighted by Gasteiger charge is -2.18. The smallest absolute Gasteiger partial charge is 0.152 e. The Bertz CT molecular complexity index is 506. The molecule has 0 radical (unpaired) electrons. The van der Waals surface area contributed by atoms with Crippen LogP contribution in [0.3, 0.4) is 0 Å². The van der Waals surface area contributed by atoms with Gasteiger partial charge in [0.25, 0.3) is 0 Å².